The van der Waals surface area contributed by atoms with Crippen molar-refractivity contribution in [3.63, 3.8) is 0 Å². The van der Waals surface area contributed by atoms with Crippen LogP contribution in [0.25, 0.3) is 0 Å². The average molecular weight is 481 g/mol. The first-order valence-electron chi connectivity index (χ1n) is 12.8. The van der Waals surface area contributed by atoms with Gasteiger partial charge in [-0.1, -0.05) is 84.6 Å². The van der Waals surface area contributed by atoms with Crippen LogP contribution in [0.1, 0.15) is 54.5 Å². The van der Waals surface area contributed by atoms with E-state index in [0.717, 1.165) is 30.4 Å². The van der Waals surface area contributed by atoms with Gasteiger partial charge in [-0.2, -0.15) is 24.1 Å². The van der Waals surface area contributed by atoms with E-state index in [2.05, 4.69) is 97.1 Å². The molecule has 3 nitrogen and oxygen atoms in total. The van der Waals surface area contributed by atoms with E-state index in [9.17, 15) is 5.11 Å². The van der Waals surface area contributed by atoms with Gasteiger partial charge in [0.25, 0.3) is 0 Å². The van der Waals surface area contributed by atoms with Crippen LogP contribution in [0.4, 0.5) is 0 Å². The van der Waals surface area contributed by atoms with E-state index >= 15 is 0 Å². The maximum atomic E-state index is 14.4. The van der Waals surface area contributed by atoms with Gasteiger partial charge in [0, 0.05) is 0 Å². The summed E-state index contributed by atoms with van der Waals surface area (Å²) < 4.78 is 0. The van der Waals surface area contributed by atoms with Crippen LogP contribution in [-0.4, -0.2) is 37.2 Å². The van der Waals surface area contributed by atoms with Crippen LogP contribution in [-0.2, 0) is 0 Å². The summed E-state index contributed by atoms with van der Waals surface area (Å²) in [5.74, 6) is -0.174. The van der Waals surface area contributed by atoms with Gasteiger partial charge in [-0.15, -0.1) is 12.1 Å². The van der Waals surface area contributed by atoms with Crippen LogP contribution in [0.3, 0.4) is 0 Å². The molecule has 0 amide bonds. The minimum absolute atomic E-state index is 0. The Balaban J connectivity index is 0.00000241. The number of nitrogens with zero attached hydrogens (tertiary/aromatic N) is 2. The van der Waals surface area contributed by atoms with Gasteiger partial charge >= 0.3 is 37.7 Å². The zero-order chi connectivity index (χ0) is 24.6. The van der Waals surface area contributed by atoms with Crippen molar-refractivity contribution in [2.75, 3.05) is 21.1 Å². The molecule has 0 bridgehead atoms. The van der Waals surface area contributed by atoms with Gasteiger partial charge in [0.15, 0.2) is 0 Å². The predicted molar refractivity (Wildman–Crippen MR) is 143 cm³/mol. The smallest absolute Gasteiger partial charge is 0.841 e. The molecule has 3 aromatic rings. The molecule has 184 valence electrons. The molecule has 5 heteroatoms. The molecular formula is C32H38Li2N2O. The fourth-order valence-electron chi connectivity index (χ4n) is 5.42. The molecule has 0 spiro atoms. The third kappa shape index (κ3) is 8.16. The van der Waals surface area contributed by atoms with Crippen LogP contribution in [0.5, 0.6) is 0 Å². The maximum absolute atomic E-state index is 14.4. The van der Waals surface area contributed by atoms with Crippen molar-refractivity contribution < 1.29 is 42.8 Å². The van der Waals surface area contributed by atoms with Gasteiger partial charge in [0.1, 0.15) is 0 Å². The molecule has 0 radical (unpaired) electrons. The summed E-state index contributed by atoms with van der Waals surface area (Å²) in [5.41, 5.74) is 4.78. The standard InChI is InChI=1S/C32H38N2O.2Li/c1-33(2)30(27-20-12-6-13-21-27)31(28-22-14-7-15-23-28)34(3)32(35)29(26-18-10-5-11-19-26)24-25-16-8-4-9-17-25;;/h4,6-9,12-18,20-24,29-32H,5,10-11,19H2,1-3H3;;/q-2;2*+1/t29?,30-,31-,32?;;/m1../s1. The zero-order valence-electron chi connectivity index (χ0n) is 23.3. The van der Waals surface area contributed by atoms with E-state index in [1.807, 2.05) is 37.4 Å². The van der Waals surface area contributed by atoms with Crippen molar-refractivity contribution in [1.82, 2.24) is 9.80 Å². The van der Waals surface area contributed by atoms with Gasteiger partial charge in [0.2, 0.25) is 0 Å². The molecule has 0 saturated carbocycles. The Labute approximate surface area is 248 Å². The molecule has 1 aliphatic carbocycles. The fourth-order valence-corrected chi connectivity index (χ4v) is 5.42. The third-order valence-electron chi connectivity index (χ3n) is 7.21. The summed E-state index contributed by atoms with van der Waals surface area (Å²) >= 11 is 0. The second-order valence-electron chi connectivity index (χ2n) is 9.86. The summed E-state index contributed by atoms with van der Waals surface area (Å²) in [5, 5.41) is 14.4. The summed E-state index contributed by atoms with van der Waals surface area (Å²) in [6, 6.07) is 31.3. The monoisotopic (exact) mass is 480 g/mol. The Morgan fingerprint density at radius 2 is 1.22 bits per heavy atom. The molecule has 37 heavy (non-hydrogen) atoms. The summed E-state index contributed by atoms with van der Waals surface area (Å²) in [6.45, 7) is 0. The molecule has 0 aliphatic heterocycles. The Morgan fingerprint density at radius 3 is 1.70 bits per heavy atom. The van der Waals surface area contributed by atoms with Gasteiger partial charge in [-0.3, -0.25) is 0 Å². The molecular weight excluding hydrogens is 442 g/mol. The van der Waals surface area contributed by atoms with Gasteiger partial charge < -0.3 is 14.9 Å². The zero-order valence-corrected chi connectivity index (χ0v) is 23.3. The van der Waals surface area contributed by atoms with E-state index < -0.39 is 6.23 Å². The predicted octanol–water partition coefficient (Wildman–Crippen LogP) is 0.0260. The summed E-state index contributed by atoms with van der Waals surface area (Å²) in [4.78, 5) is 4.32. The molecule has 0 fully saturated rings. The fraction of sp³-hybridized carbons (Fsp3) is 0.344. The summed E-state index contributed by atoms with van der Waals surface area (Å²) in [6.07, 6.45) is 8.06. The van der Waals surface area contributed by atoms with Crippen LogP contribution in [0.15, 0.2) is 103 Å². The number of hydrogen-bond acceptors (Lipinski definition) is 3. The molecule has 3 aromatic carbocycles. The van der Waals surface area contributed by atoms with Gasteiger partial charge in [-0.25, -0.2) is 0 Å². The maximum Gasteiger partial charge on any atom is 1.00 e. The van der Waals surface area contributed by atoms with Crippen molar-refractivity contribution in [2.45, 2.75) is 44.0 Å². The Bertz CT molecular complexity index is 1060. The molecule has 0 saturated heterocycles. The SMILES string of the molecule is CN(C)[C@H](c1ccccc1)[C@@H](c1ccccc1)N(C)C([O-])C([CH-]c1ccccc1)C1=CCCCC1.[Li+].[Li+]. The largest absolute Gasteiger partial charge is 1.00 e. The van der Waals surface area contributed by atoms with Crippen molar-refractivity contribution in [2.24, 2.45) is 5.92 Å². The number of likely N-dealkylation sites (N-methyl/N-ethyl adjacent to an activating group) is 2. The van der Waals surface area contributed by atoms with Crippen LogP contribution in [0, 0.1) is 12.3 Å². The van der Waals surface area contributed by atoms with Crippen molar-refractivity contribution in [1.29, 1.82) is 0 Å². The van der Waals surface area contributed by atoms with E-state index in [1.54, 1.807) is 0 Å². The second kappa shape index (κ2) is 15.7. The molecule has 4 atom stereocenters. The molecule has 2 unspecified atom stereocenters. The topological polar surface area (TPSA) is 29.5 Å². The van der Waals surface area contributed by atoms with Crippen LogP contribution >= 0.6 is 0 Å². The van der Waals surface area contributed by atoms with Crippen molar-refractivity contribution in [3.8, 4) is 0 Å². The van der Waals surface area contributed by atoms with Gasteiger partial charge in [-0.05, 0) is 63.9 Å². The first-order valence-corrected chi connectivity index (χ1v) is 12.8. The Kier molecular flexibility index (Phi) is 13.4. The summed E-state index contributed by atoms with van der Waals surface area (Å²) in [7, 11) is 6.24. The first-order chi connectivity index (χ1) is 17.1. The first kappa shape index (κ1) is 31.6. The van der Waals surface area contributed by atoms with E-state index in [1.165, 1.54) is 17.6 Å². The van der Waals surface area contributed by atoms with Gasteiger partial charge in [0.05, 0.1) is 12.1 Å². The molecule has 0 N–H and O–H groups in total. The number of allylic oxidation sites excluding steroid dienone is 1. The van der Waals surface area contributed by atoms with Crippen LogP contribution < -0.4 is 42.8 Å². The minimum Gasteiger partial charge on any atom is -0.841 e. The third-order valence-corrected chi connectivity index (χ3v) is 7.21. The molecule has 4 rings (SSSR count). The minimum atomic E-state index is -0.907. The number of hydrogen-bond donors (Lipinski definition) is 0. The van der Waals surface area contributed by atoms with Crippen molar-refractivity contribution in [3.05, 3.63) is 126 Å². The van der Waals surface area contributed by atoms with Crippen molar-refractivity contribution >= 4 is 0 Å². The number of benzene rings is 3. The second-order valence-corrected chi connectivity index (χ2v) is 9.86. The Hall–Kier alpha value is -1.66. The Morgan fingerprint density at radius 1 is 0.703 bits per heavy atom. The van der Waals surface area contributed by atoms with E-state index in [-0.39, 0.29) is 55.7 Å². The van der Waals surface area contributed by atoms with Crippen LogP contribution in [0.2, 0.25) is 0 Å². The normalized spacial score (nSPS) is 16.5. The van der Waals surface area contributed by atoms with E-state index in [0.29, 0.717) is 0 Å². The number of rotatable bonds is 10. The average Bonchev–Trinajstić information content (AvgIpc) is 2.91. The molecule has 0 heterocycles. The molecule has 0 aromatic heterocycles. The van der Waals surface area contributed by atoms with E-state index in [4.69, 9.17) is 0 Å². The molecule has 1 aliphatic rings. The quantitative estimate of drug-likeness (QED) is 0.178.